The maximum absolute atomic E-state index is 5.80. The Morgan fingerprint density at radius 2 is 2.24 bits per heavy atom. The lowest BCUT2D eigenvalue weighted by Crippen LogP contribution is -2.36. The fourth-order valence-corrected chi connectivity index (χ4v) is 2.58. The van der Waals surface area contributed by atoms with Crippen LogP contribution in [-0.2, 0) is 11.2 Å². The predicted molar refractivity (Wildman–Crippen MR) is 86.9 cm³/mol. The lowest BCUT2D eigenvalue weighted by atomic mass is 10.2. The number of nitrogens with two attached hydrogens (primary N) is 1. The SMILES string of the molecule is CCC(C)N(CCOC)c1nc2ccccn2c1CCN. The third kappa shape index (κ3) is 3.36. The Morgan fingerprint density at radius 3 is 2.90 bits per heavy atom. The smallest absolute Gasteiger partial charge is 0.151 e. The summed E-state index contributed by atoms with van der Waals surface area (Å²) in [4.78, 5) is 7.17. The summed E-state index contributed by atoms with van der Waals surface area (Å²) in [5.74, 6) is 1.04. The van der Waals surface area contributed by atoms with Crippen LogP contribution in [0.3, 0.4) is 0 Å². The molecule has 0 saturated heterocycles. The summed E-state index contributed by atoms with van der Waals surface area (Å²) >= 11 is 0. The van der Waals surface area contributed by atoms with Gasteiger partial charge in [-0.05, 0) is 32.0 Å². The zero-order chi connectivity index (χ0) is 15.2. The van der Waals surface area contributed by atoms with E-state index in [1.165, 1.54) is 5.69 Å². The Kier molecular flexibility index (Phi) is 5.59. The summed E-state index contributed by atoms with van der Waals surface area (Å²) in [7, 11) is 1.74. The minimum atomic E-state index is 0.418. The summed E-state index contributed by atoms with van der Waals surface area (Å²) in [6.07, 6.45) is 3.95. The molecule has 5 heteroatoms. The van der Waals surface area contributed by atoms with E-state index in [1.54, 1.807) is 7.11 Å². The van der Waals surface area contributed by atoms with Crippen molar-refractivity contribution in [1.29, 1.82) is 0 Å². The van der Waals surface area contributed by atoms with Crippen molar-refractivity contribution >= 4 is 11.5 Å². The molecule has 2 aromatic heterocycles. The van der Waals surface area contributed by atoms with Crippen LogP contribution in [0.25, 0.3) is 5.65 Å². The van der Waals surface area contributed by atoms with E-state index >= 15 is 0 Å². The maximum Gasteiger partial charge on any atom is 0.151 e. The Labute approximate surface area is 126 Å². The zero-order valence-electron chi connectivity index (χ0n) is 13.2. The molecule has 116 valence electrons. The number of pyridine rings is 1. The molecule has 0 radical (unpaired) electrons. The Balaban J connectivity index is 2.46. The van der Waals surface area contributed by atoms with Gasteiger partial charge in [-0.3, -0.25) is 0 Å². The fraction of sp³-hybridized carbons (Fsp3) is 0.562. The highest BCUT2D eigenvalue weighted by Crippen LogP contribution is 2.24. The number of anilines is 1. The monoisotopic (exact) mass is 290 g/mol. The molecule has 21 heavy (non-hydrogen) atoms. The highest BCUT2D eigenvalue weighted by molar-refractivity contribution is 5.56. The summed E-state index contributed by atoms with van der Waals surface area (Å²) < 4.78 is 7.40. The van der Waals surface area contributed by atoms with Gasteiger partial charge in [-0.1, -0.05) is 13.0 Å². The average molecular weight is 290 g/mol. The summed E-state index contributed by atoms with van der Waals surface area (Å²) in [6.45, 7) is 6.58. The zero-order valence-corrected chi connectivity index (χ0v) is 13.2. The molecule has 2 N–H and O–H groups in total. The highest BCUT2D eigenvalue weighted by atomic mass is 16.5. The largest absolute Gasteiger partial charge is 0.383 e. The third-order valence-electron chi connectivity index (χ3n) is 3.92. The molecule has 1 atom stereocenters. The first-order valence-electron chi connectivity index (χ1n) is 7.64. The third-order valence-corrected chi connectivity index (χ3v) is 3.92. The molecule has 2 heterocycles. The van der Waals surface area contributed by atoms with Gasteiger partial charge in [-0.15, -0.1) is 0 Å². The van der Waals surface area contributed by atoms with Crippen LogP contribution in [0.15, 0.2) is 24.4 Å². The van der Waals surface area contributed by atoms with Crippen LogP contribution in [0, 0.1) is 0 Å². The number of hydrogen-bond donors (Lipinski definition) is 1. The quantitative estimate of drug-likeness (QED) is 0.809. The number of aromatic nitrogens is 2. The molecule has 0 fully saturated rings. The van der Waals surface area contributed by atoms with E-state index in [-0.39, 0.29) is 0 Å². The van der Waals surface area contributed by atoms with Crippen molar-refractivity contribution in [1.82, 2.24) is 9.38 Å². The number of fused-ring (bicyclic) bond motifs is 1. The molecule has 2 aromatic rings. The summed E-state index contributed by atoms with van der Waals surface area (Å²) in [5, 5.41) is 0. The van der Waals surface area contributed by atoms with Gasteiger partial charge in [0.2, 0.25) is 0 Å². The lowest BCUT2D eigenvalue weighted by molar-refractivity contribution is 0.203. The van der Waals surface area contributed by atoms with E-state index in [1.807, 2.05) is 18.2 Å². The second-order valence-corrected chi connectivity index (χ2v) is 5.29. The number of ether oxygens (including phenoxy) is 1. The molecule has 0 aromatic carbocycles. The van der Waals surface area contributed by atoms with E-state index in [0.717, 1.165) is 30.9 Å². The first-order valence-corrected chi connectivity index (χ1v) is 7.64. The van der Waals surface area contributed by atoms with Gasteiger partial charge < -0.3 is 19.8 Å². The minimum absolute atomic E-state index is 0.418. The normalized spacial score (nSPS) is 12.8. The van der Waals surface area contributed by atoms with Gasteiger partial charge in [0.15, 0.2) is 5.82 Å². The van der Waals surface area contributed by atoms with E-state index in [9.17, 15) is 0 Å². The van der Waals surface area contributed by atoms with E-state index in [0.29, 0.717) is 19.2 Å². The number of imidazole rings is 1. The highest BCUT2D eigenvalue weighted by Gasteiger charge is 2.21. The van der Waals surface area contributed by atoms with Gasteiger partial charge in [0, 0.05) is 32.3 Å². The van der Waals surface area contributed by atoms with Crippen molar-refractivity contribution in [2.75, 3.05) is 31.7 Å². The van der Waals surface area contributed by atoms with Crippen LogP contribution < -0.4 is 10.6 Å². The van der Waals surface area contributed by atoms with Gasteiger partial charge in [0.1, 0.15) is 5.65 Å². The number of methoxy groups -OCH3 is 1. The molecule has 0 saturated carbocycles. The standard InChI is InChI=1S/C16H26N4O/c1-4-13(2)19(11-12-21-3)16-14(8-9-17)20-10-6-5-7-15(20)18-16/h5-7,10,13H,4,8-9,11-12,17H2,1-3H3. The van der Waals surface area contributed by atoms with E-state index in [2.05, 4.69) is 29.3 Å². The van der Waals surface area contributed by atoms with Crippen molar-refractivity contribution in [3.63, 3.8) is 0 Å². The lowest BCUT2D eigenvalue weighted by Gasteiger charge is -2.29. The summed E-state index contributed by atoms with van der Waals surface area (Å²) in [5.41, 5.74) is 7.96. The summed E-state index contributed by atoms with van der Waals surface area (Å²) in [6, 6.07) is 6.50. The van der Waals surface area contributed by atoms with Crippen LogP contribution in [0.1, 0.15) is 26.0 Å². The number of hydrogen-bond acceptors (Lipinski definition) is 4. The molecule has 0 aliphatic heterocycles. The second kappa shape index (κ2) is 7.43. The van der Waals surface area contributed by atoms with Gasteiger partial charge in [0.05, 0.1) is 12.3 Å². The molecular formula is C16H26N4O. The Bertz CT molecular complexity index is 566. The molecule has 2 rings (SSSR count). The topological polar surface area (TPSA) is 55.8 Å². The van der Waals surface area contributed by atoms with Gasteiger partial charge >= 0.3 is 0 Å². The van der Waals surface area contributed by atoms with Gasteiger partial charge in [-0.2, -0.15) is 0 Å². The number of rotatable bonds is 8. The van der Waals surface area contributed by atoms with E-state index < -0.39 is 0 Å². The van der Waals surface area contributed by atoms with Crippen LogP contribution in [0.5, 0.6) is 0 Å². The molecule has 0 bridgehead atoms. The van der Waals surface area contributed by atoms with Crippen molar-refractivity contribution in [2.24, 2.45) is 5.73 Å². The fourth-order valence-electron chi connectivity index (χ4n) is 2.58. The van der Waals surface area contributed by atoms with Gasteiger partial charge in [-0.25, -0.2) is 4.98 Å². The van der Waals surface area contributed by atoms with E-state index in [4.69, 9.17) is 15.5 Å². The van der Waals surface area contributed by atoms with Crippen molar-refractivity contribution < 1.29 is 4.74 Å². The molecule has 0 aliphatic carbocycles. The molecule has 0 spiro atoms. The minimum Gasteiger partial charge on any atom is -0.383 e. The first kappa shape index (κ1) is 15.8. The molecule has 0 aliphatic rings. The Hall–Kier alpha value is -1.59. The van der Waals surface area contributed by atoms with Crippen LogP contribution >= 0.6 is 0 Å². The van der Waals surface area contributed by atoms with Crippen LogP contribution in [-0.4, -0.2) is 42.2 Å². The van der Waals surface area contributed by atoms with Crippen molar-refractivity contribution in [3.05, 3.63) is 30.1 Å². The van der Waals surface area contributed by atoms with Crippen molar-refractivity contribution in [3.8, 4) is 0 Å². The van der Waals surface area contributed by atoms with Crippen LogP contribution in [0.4, 0.5) is 5.82 Å². The second-order valence-electron chi connectivity index (χ2n) is 5.29. The van der Waals surface area contributed by atoms with Crippen LogP contribution in [0.2, 0.25) is 0 Å². The molecular weight excluding hydrogens is 264 g/mol. The predicted octanol–water partition coefficient (Wildman–Crippen LogP) is 2.09. The Morgan fingerprint density at radius 1 is 1.43 bits per heavy atom. The van der Waals surface area contributed by atoms with Crippen molar-refractivity contribution in [2.45, 2.75) is 32.7 Å². The number of nitrogens with zero attached hydrogens (tertiary/aromatic N) is 3. The first-order chi connectivity index (χ1) is 10.2. The maximum atomic E-state index is 5.80. The average Bonchev–Trinajstić information content (AvgIpc) is 2.87. The molecule has 5 nitrogen and oxygen atoms in total. The van der Waals surface area contributed by atoms with Gasteiger partial charge in [0.25, 0.3) is 0 Å². The molecule has 1 unspecified atom stereocenters. The molecule has 0 amide bonds.